The van der Waals surface area contributed by atoms with E-state index in [1.165, 1.54) is 30.4 Å². The number of nitrogens with two attached hydrogens (primary N) is 1. The molecule has 1 heteroatoms. The van der Waals surface area contributed by atoms with Crippen LogP contribution in [0.4, 0.5) is 0 Å². The van der Waals surface area contributed by atoms with E-state index in [0.717, 1.165) is 18.8 Å². The molecule has 0 heterocycles. The van der Waals surface area contributed by atoms with Crippen LogP contribution in [0.15, 0.2) is 24.3 Å². The molecule has 1 nitrogen and oxygen atoms in total. The third-order valence-electron chi connectivity index (χ3n) is 3.60. The molecule has 1 aromatic rings. The Morgan fingerprint density at radius 3 is 2.80 bits per heavy atom. The lowest BCUT2D eigenvalue weighted by molar-refractivity contribution is 0.253. The van der Waals surface area contributed by atoms with E-state index in [4.69, 9.17) is 5.73 Å². The zero-order valence-electron chi connectivity index (χ0n) is 9.58. The Kier molecular flexibility index (Phi) is 3.42. The van der Waals surface area contributed by atoms with Gasteiger partial charge in [0.15, 0.2) is 0 Å². The van der Waals surface area contributed by atoms with Crippen molar-refractivity contribution in [2.75, 3.05) is 0 Å². The van der Waals surface area contributed by atoms with Crippen LogP contribution in [-0.4, -0.2) is 6.04 Å². The molecule has 0 unspecified atom stereocenters. The first-order chi connectivity index (χ1) is 7.25. The van der Waals surface area contributed by atoms with Crippen molar-refractivity contribution in [2.24, 2.45) is 11.7 Å². The fourth-order valence-corrected chi connectivity index (χ4v) is 2.30. The quantitative estimate of drug-likeness (QED) is 0.799. The fourth-order valence-electron chi connectivity index (χ4n) is 2.30. The van der Waals surface area contributed by atoms with Crippen LogP contribution in [0, 0.1) is 12.8 Å². The summed E-state index contributed by atoms with van der Waals surface area (Å²) in [5.74, 6) is 0.815. The molecule has 0 bridgehead atoms. The van der Waals surface area contributed by atoms with Gasteiger partial charge in [-0.3, -0.25) is 0 Å². The molecule has 1 atom stereocenters. The topological polar surface area (TPSA) is 26.0 Å². The van der Waals surface area contributed by atoms with Crippen LogP contribution < -0.4 is 5.73 Å². The van der Waals surface area contributed by atoms with Gasteiger partial charge in [0.1, 0.15) is 0 Å². The lowest BCUT2D eigenvalue weighted by atomic mass is 9.78. The number of hydrogen-bond acceptors (Lipinski definition) is 1. The van der Waals surface area contributed by atoms with Crippen molar-refractivity contribution in [3.8, 4) is 0 Å². The summed E-state index contributed by atoms with van der Waals surface area (Å²) in [4.78, 5) is 0. The van der Waals surface area contributed by atoms with E-state index in [1.807, 2.05) is 0 Å². The van der Waals surface area contributed by atoms with Gasteiger partial charge < -0.3 is 5.73 Å². The first kappa shape index (κ1) is 10.7. The summed E-state index contributed by atoms with van der Waals surface area (Å²) >= 11 is 0. The molecule has 1 aliphatic carbocycles. The van der Waals surface area contributed by atoms with Crippen LogP contribution in [0.3, 0.4) is 0 Å². The minimum Gasteiger partial charge on any atom is -0.327 e. The van der Waals surface area contributed by atoms with Crippen molar-refractivity contribution < 1.29 is 0 Å². The zero-order chi connectivity index (χ0) is 10.7. The second-order valence-corrected chi connectivity index (χ2v) is 4.88. The molecule has 82 valence electrons. The van der Waals surface area contributed by atoms with Gasteiger partial charge in [-0.1, -0.05) is 36.2 Å². The molecule has 0 saturated heterocycles. The average Bonchev–Trinajstić information content (AvgIpc) is 2.12. The molecular weight excluding hydrogens is 182 g/mol. The Hall–Kier alpha value is -0.820. The molecule has 15 heavy (non-hydrogen) atoms. The maximum Gasteiger partial charge on any atom is 0.00703 e. The van der Waals surface area contributed by atoms with Crippen molar-refractivity contribution in [3.05, 3.63) is 35.4 Å². The maximum absolute atomic E-state index is 6.16. The monoisotopic (exact) mass is 203 g/mol. The maximum atomic E-state index is 6.16. The summed E-state index contributed by atoms with van der Waals surface area (Å²) < 4.78 is 0. The highest BCUT2D eigenvalue weighted by Gasteiger charge is 2.23. The van der Waals surface area contributed by atoms with Gasteiger partial charge in [-0.15, -0.1) is 0 Å². The molecule has 1 saturated carbocycles. The van der Waals surface area contributed by atoms with E-state index < -0.39 is 0 Å². The highest BCUT2D eigenvalue weighted by molar-refractivity contribution is 5.22. The highest BCUT2D eigenvalue weighted by Crippen LogP contribution is 2.30. The van der Waals surface area contributed by atoms with E-state index in [2.05, 4.69) is 31.2 Å². The summed E-state index contributed by atoms with van der Waals surface area (Å²) in [6.07, 6.45) is 6.39. The second-order valence-electron chi connectivity index (χ2n) is 4.88. The largest absolute Gasteiger partial charge is 0.327 e. The van der Waals surface area contributed by atoms with Crippen molar-refractivity contribution >= 4 is 0 Å². The molecular formula is C14H21N. The summed E-state index contributed by atoms with van der Waals surface area (Å²) in [5.41, 5.74) is 8.95. The highest BCUT2D eigenvalue weighted by atomic mass is 14.7. The average molecular weight is 203 g/mol. The van der Waals surface area contributed by atoms with E-state index in [0.29, 0.717) is 6.04 Å². The molecule has 0 aromatic heterocycles. The molecule has 1 fully saturated rings. The Balaban J connectivity index is 1.81. The third kappa shape index (κ3) is 2.82. The summed E-state index contributed by atoms with van der Waals surface area (Å²) in [7, 11) is 0. The van der Waals surface area contributed by atoms with Crippen molar-refractivity contribution in [3.63, 3.8) is 0 Å². The zero-order valence-corrected chi connectivity index (χ0v) is 9.58. The predicted octanol–water partition coefficient (Wildman–Crippen LogP) is 3.06. The molecule has 0 radical (unpaired) electrons. The van der Waals surface area contributed by atoms with Crippen molar-refractivity contribution in [2.45, 2.75) is 45.1 Å². The van der Waals surface area contributed by atoms with Crippen LogP contribution in [0.2, 0.25) is 0 Å². The predicted molar refractivity (Wildman–Crippen MR) is 64.8 cm³/mol. The van der Waals surface area contributed by atoms with E-state index in [1.54, 1.807) is 0 Å². The van der Waals surface area contributed by atoms with Crippen molar-refractivity contribution in [1.29, 1.82) is 0 Å². The van der Waals surface area contributed by atoms with Gasteiger partial charge in [0.25, 0.3) is 0 Å². The van der Waals surface area contributed by atoms with E-state index in [-0.39, 0.29) is 0 Å². The Morgan fingerprint density at radius 2 is 2.20 bits per heavy atom. The van der Waals surface area contributed by atoms with Crippen LogP contribution in [0.1, 0.15) is 36.8 Å². The fraction of sp³-hybridized carbons (Fsp3) is 0.571. The SMILES string of the molecule is Cc1cccc(CC[C@@H](N)C2CCC2)c1. The van der Waals surface area contributed by atoms with Crippen LogP contribution in [0.25, 0.3) is 0 Å². The van der Waals surface area contributed by atoms with E-state index in [9.17, 15) is 0 Å². The van der Waals surface area contributed by atoms with Gasteiger partial charge in [0, 0.05) is 6.04 Å². The number of rotatable bonds is 4. The second kappa shape index (κ2) is 4.80. The van der Waals surface area contributed by atoms with Crippen LogP contribution >= 0.6 is 0 Å². The molecule has 2 N–H and O–H groups in total. The van der Waals surface area contributed by atoms with Gasteiger partial charge in [0.2, 0.25) is 0 Å². The Labute approximate surface area is 92.7 Å². The number of aryl methyl sites for hydroxylation is 2. The van der Waals surface area contributed by atoms with Gasteiger partial charge in [-0.2, -0.15) is 0 Å². The Morgan fingerprint density at radius 1 is 1.40 bits per heavy atom. The van der Waals surface area contributed by atoms with Gasteiger partial charge in [-0.25, -0.2) is 0 Å². The number of benzene rings is 1. The van der Waals surface area contributed by atoms with Crippen LogP contribution in [0.5, 0.6) is 0 Å². The van der Waals surface area contributed by atoms with E-state index >= 15 is 0 Å². The van der Waals surface area contributed by atoms with Crippen molar-refractivity contribution in [1.82, 2.24) is 0 Å². The molecule has 0 spiro atoms. The summed E-state index contributed by atoms with van der Waals surface area (Å²) in [5, 5.41) is 0. The first-order valence-electron chi connectivity index (χ1n) is 6.07. The third-order valence-corrected chi connectivity index (χ3v) is 3.60. The van der Waals surface area contributed by atoms with Crippen LogP contribution in [-0.2, 0) is 6.42 Å². The Bertz CT molecular complexity index is 315. The summed E-state index contributed by atoms with van der Waals surface area (Å²) in [6.45, 7) is 2.15. The summed E-state index contributed by atoms with van der Waals surface area (Å²) in [6, 6.07) is 9.20. The molecule has 2 rings (SSSR count). The van der Waals surface area contributed by atoms with Gasteiger partial charge in [0.05, 0.1) is 0 Å². The lowest BCUT2D eigenvalue weighted by Gasteiger charge is -2.31. The molecule has 1 aromatic carbocycles. The smallest absolute Gasteiger partial charge is 0.00703 e. The minimum absolute atomic E-state index is 0.430. The van der Waals surface area contributed by atoms with Gasteiger partial charge >= 0.3 is 0 Å². The lowest BCUT2D eigenvalue weighted by Crippen LogP contribution is -2.34. The normalized spacial score (nSPS) is 18.5. The molecule has 0 amide bonds. The van der Waals surface area contributed by atoms with Gasteiger partial charge in [-0.05, 0) is 44.1 Å². The molecule has 1 aliphatic rings. The first-order valence-corrected chi connectivity index (χ1v) is 6.07. The minimum atomic E-state index is 0.430. The number of hydrogen-bond donors (Lipinski definition) is 1. The molecule has 0 aliphatic heterocycles. The standard InChI is InChI=1S/C14H21N/c1-11-4-2-5-12(10-11)8-9-14(15)13-6-3-7-13/h2,4-5,10,13-14H,3,6-9,15H2,1H3/t14-/m1/s1.